The molecule has 1 saturated heterocycles. The van der Waals surface area contributed by atoms with E-state index < -0.39 is 23.9 Å². The van der Waals surface area contributed by atoms with Gasteiger partial charge in [-0.3, -0.25) is 14.4 Å². The average Bonchev–Trinajstić information content (AvgIpc) is 3.15. The van der Waals surface area contributed by atoms with Crippen LogP contribution in [0.5, 0.6) is 5.75 Å². The summed E-state index contributed by atoms with van der Waals surface area (Å²) in [7, 11) is 1.47. The molecule has 1 fully saturated rings. The number of likely N-dealkylation sites (tertiary alicyclic amines) is 1. The summed E-state index contributed by atoms with van der Waals surface area (Å²) in [5, 5.41) is 2.52. The Morgan fingerprint density at radius 3 is 2.39 bits per heavy atom. The van der Waals surface area contributed by atoms with Crippen LogP contribution >= 0.6 is 0 Å². The molecule has 33 heavy (non-hydrogen) atoms. The molecular formula is C23H24F3N3O4. The number of alkyl halides is 3. The minimum atomic E-state index is -4.80. The van der Waals surface area contributed by atoms with Gasteiger partial charge in [0.05, 0.1) is 18.5 Å². The van der Waals surface area contributed by atoms with Gasteiger partial charge in [0.15, 0.2) is 0 Å². The summed E-state index contributed by atoms with van der Waals surface area (Å²) in [6, 6.07) is 14.0. The van der Waals surface area contributed by atoms with Crippen LogP contribution in [0.25, 0.3) is 0 Å². The topological polar surface area (TPSA) is 79.0 Å². The second-order valence-corrected chi connectivity index (χ2v) is 7.85. The highest BCUT2D eigenvalue weighted by molar-refractivity contribution is 5.96. The zero-order valence-electron chi connectivity index (χ0n) is 18.1. The summed E-state index contributed by atoms with van der Waals surface area (Å²) in [6.07, 6.45) is -4.73. The maximum absolute atomic E-state index is 12.8. The molecule has 2 aromatic rings. The van der Waals surface area contributed by atoms with Crippen LogP contribution in [0, 0.1) is 5.92 Å². The van der Waals surface area contributed by atoms with Gasteiger partial charge in [-0.15, -0.1) is 13.2 Å². The summed E-state index contributed by atoms with van der Waals surface area (Å²) < 4.78 is 40.5. The third-order valence-corrected chi connectivity index (χ3v) is 5.39. The summed E-state index contributed by atoms with van der Waals surface area (Å²) in [4.78, 5) is 40.5. The van der Waals surface area contributed by atoms with Crippen molar-refractivity contribution in [2.45, 2.75) is 25.7 Å². The number of likely N-dealkylation sites (N-methyl/N-ethyl adjacent to an activating group) is 1. The van der Waals surface area contributed by atoms with Gasteiger partial charge in [-0.2, -0.15) is 0 Å². The average molecular weight is 463 g/mol. The maximum atomic E-state index is 12.8. The summed E-state index contributed by atoms with van der Waals surface area (Å²) >= 11 is 0. The van der Waals surface area contributed by atoms with Gasteiger partial charge in [-0.25, -0.2) is 0 Å². The molecule has 0 aromatic heterocycles. The third-order valence-electron chi connectivity index (χ3n) is 5.39. The molecule has 1 aliphatic rings. The molecule has 176 valence electrons. The van der Waals surface area contributed by atoms with Gasteiger partial charge in [0, 0.05) is 25.7 Å². The first-order valence-electron chi connectivity index (χ1n) is 10.3. The highest BCUT2D eigenvalue weighted by atomic mass is 19.4. The van der Waals surface area contributed by atoms with Crippen LogP contribution in [0.4, 0.5) is 18.9 Å². The van der Waals surface area contributed by atoms with Gasteiger partial charge in [0.1, 0.15) is 5.75 Å². The molecule has 7 nitrogen and oxygen atoms in total. The van der Waals surface area contributed by atoms with Gasteiger partial charge >= 0.3 is 6.36 Å². The van der Waals surface area contributed by atoms with E-state index in [0.29, 0.717) is 0 Å². The molecule has 1 aliphatic heterocycles. The van der Waals surface area contributed by atoms with Crippen molar-refractivity contribution in [3.8, 4) is 5.75 Å². The van der Waals surface area contributed by atoms with Crippen molar-refractivity contribution in [3.63, 3.8) is 0 Å². The molecule has 0 saturated carbocycles. The van der Waals surface area contributed by atoms with Crippen LogP contribution in [-0.4, -0.2) is 54.0 Å². The molecule has 0 radical (unpaired) electrons. The molecule has 0 unspecified atom stereocenters. The van der Waals surface area contributed by atoms with Crippen molar-refractivity contribution in [2.75, 3.05) is 25.5 Å². The number of hydrogen-bond donors (Lipinski definition) is 1. The SMILES string of the molecule is C[C@H](c1ccccc1)N1C[C@@H](C(=O)N(C)CC(=O)Nc2ccc(OC(F)(F)F)cc2)CC1=O. The molecule has 1 heterocycles. The number of carbonyl (C=O) groups is 3. The number of hydrogen-bond acceptors (Lipinski definition) is 4. The van der Waals surface area contributed by atoms with Crippen molar-refractivity contribution in [2.24, 2.45) is 5.92 Å². The Bertz CT molecular complexity index is 996. The summed E-state index contributed by atoms with van der Waals surface area (Å²) in [5.41, 5.74) is 1.23. The lowest BCUT2D eigenvalue weighted by atomic mass is 10.1. The van der Waals surface area contributed by atoms with Crippen LogP contribution in [0.1, 0.15) is 24.9 Å². The van der Waals surface area contributed by atoms with Crippen LogP contribution in [-0.2, 0) is 14.4 Å². The van der Waals surface area contributed by atoms with E-state index in [-0.39, 0.29) is 43.1 Å². The van der Waals surface area contributed by atoms with E-state index in [4.69, 9.17) is 0 Å². The van der Waals surface area contributed by atoms with Crippen molar-refractivity contribution in [3.05, 3.63) is 60.2 Å². The third kappa shape index (κ3) is 6.47. The zero-order valence-corrected chi connectivity index (χ0v) is 18.1. The molecule has 1 N–H and O–H groups in total. The minimum absolute atomic E-state index is 0.0721. The Balaban J connectivity index is 1.52. The molecule has 2 aromatic carbocycles. The first kappa shape index (κ1) is 24.1. The molecule has 2 atom stereocenters. The largest absolute Gasteiger partial charge is 0.573 e. The second kappa shape index (κ2) is 9.93. The van der Waals surface area contributed by atoms with Crippen LogP contribution in [0.3, 0.4) is 0 Å². The van der Waals surface area contributed by atoms with E-state index in [9.17, 15) is 27.6 Å². The van der Waals surface area contributed by atoms with Gasteiger partial charge in [0.2, 0.25) is 17.7 Å². The van der Waals surface area contributed by atoms with Crippen molar-refractivity contribution >= 4 is 23.4 Å². The number of nitrogens with one attached hydrogen (secondary N) is 1. The van der Waals surface area contributed by atoms with Gasteiger partial charge < -0.3 is 19.9 Å². The Labute approximate surface area is 189 Å². The molecule has 3 amide bonds. The fourth-order valence-corrected chi connectivity index (χ4v) is 3.73. The monoisotopic (exact) mass is 463 g/mol. The lowest BCUT2D eigenvalue weighted by molar-refractivity contribution is -0.274. The molecule has 0 aliphatic carbocycles. The Morgan fingerprint density at radius 1 is 1.15 bits per heavy atom. The quantitative estimate of drug-likeness (QED) is 0.681. The van der Waals surface area contributed by atoms with Crippen LogP contribution in [0.15, 0.2) is 54.6 Å². The normalized spacial score (nSPS) is 16.9. The number of ether oxygens (including phenoxy) is 1. The zero-order chi connectivity index (χ0) is 24.2. The van der Waals surface area contributed by atoms with Crippen molar-refractivity contribution in [1.29, 1.82) is 0 Å². The predicted molar refractivity (Wildman–Crippen MR) is 114 cm³/mol. The Morgan fingerprint density at radius 2 is 1.79 bits per heavy atom. The van der Waals surface area contributed by atoms with Crippen molar-refractivity contribution < 1.29 is 32.3 Å². The lowest BCUT2D eigenvalue weighted by Gasteiger charge is -2.26. The van der Waals surface area contributed by atoms with Gasteiger partial charge in [-0.1, -0.05) is 30.3 Å². The van der Waals surface area contributed by atoms with E-state index >= 15 is 0 Å². The number of anilines is 1. The van der Waals surface area contributed by atoms with Crippen LogP contribution in [0.2, 0.25) is 0 Å². The molecule has 10 heteroatoms. The molecular weight excluding hydrogens is 439 g/mol. The van der Waals surface area contributed by atoms with E-state index in [1.165, 1.54) is 24.1 Å². The lowest BCUT2D eigenvalue weighted by Crippen LogP contribution is -2.39. The standard InChI is InChI=1S/C23H24F3N3O4/c1-15(16-6-4-3-5-7-16)29-13-17(12-21(29)31)22(32)28(2)14-20(30)27-18-8-10-19(11-9-18)33-23(24,25)26/h3-11,15,17H,12-14H2,1-2H3,(H,27,30)/t15-,17+/m1/s1. The molecule has 3 rings (SSSR count). The number of carbonyl (C=O) groups excluding carboxylic acids is 3. The minimum Gasteiger partial charge on any atom is -0.406 e. The fraction of sp³-hybridized carbons (Fsp3) is 0.348. The van der Waals surface area contributed by atoms with E-state index in [1.807, 2.05) is 37.3 Å². The van der Waals surface area contributed by atoms with E-state index in [2.05, 4.69) is 10.1 Å². The molecule has 0 spiro atoms. The van der Waals surface area contributed by atoms with Crippen molar-refractivity contribution in [1.82, 2.24) is 9.80 Å². The van der Waals surface area contributed by atoms with Gasteiger partial charge in [-0.05, 0) is 36.8 Å². The maximum Gasteiger partial charge on any atom is 0.573 e. The van der Waals surface area contributed by atoms with E-state index in [1.54, 1.807) is 4.90 Å². The fourth-order valence-electron chi connectivity index (χ4n) is 3.73. The first-order valence-corrected chi connectivity index (χ1v) is 10.3. The Kier molecular flexibility index (Phi) is 7.25. The molecule has 0 bridgehead atoms. The Hall–Kier alpha value is -3.56. The van der Waals surface area contributed by atoms with E-state index in [0.717, 1.165) is 17.7 Å². The highest BCUT2D eigenvalue weighted by Gasteiger charge is 2.38. The smallest absolute Gasteiger partial charge is 0.406 e. The summed E-state index contributed by atoms with van der Waals surface area (Å²) in [6.45, 7) is 1.90. The van der Waals surface area contributed by atoms with Crippen LogP contribution < -0.4 is 10.1 Å². The number of benzene rings is 2. The van der Waals surface area contributed by atoms with Gasteiger partial charge in [0.25, 0.3) is 0 Å². The summed E-state index contributed by atoms with van der Waals surface area (Å²) in [5.74, 6) is -1.93. The number of amides is 3. The number of halogens is 3. The number of rotatable bonds is 7. The highest BCUT2D eigenvalue weighted by Crippen LogP contribution is 2.29. The first-order chi connectivity index (χ1) is 15.5. The second-order valence-electron chi connectivity index (χ2n) is 7.85. The number of nitrogens with zero attached hydrogens (tertiary/aromatic N) is 2. The predicted octanol–water partition coefficient (Wildman–Crippen LogP) is 3.59.